The Hall–Kier alpha value is -1.55. The maximum Gasteiger partial charge on any atom is 0.128 e. The summed E-state index contributed by atoms with van der Waals surface area (Å²) in [5, 5.41) is 4.56. The van der Waals surface area contributed by atoms with Crippen molar-refractivity contribution in [2.24, 2.45) is 7.05 Å². The van der Waals surface area contributed by atoms with Crippen molar-refractivity contribution in [2.45, 2.75) is 6.42 Å². The van der Waals surface area contributed by atoms with Crippen LogP contribution in [-0.2, 0) is 13.5 Å². The molecule has 16 heavy (non-hydrogen) atoms. The molecular weight excluding hydrogens is 229 g/mol. The molecule has 1 aromatic carbocycles. The first-order valence-electron chi connectivity index (χ1n) is 4.79. The van der Waals surface area contributed by atoms with Gasteiger partial charge in [-0.2, -0.15) is 5.10 Å². The van der Waals surface area contributed by atoms with Crippen LogP contribution in [0.15, 0.2) is 24.3 Å². The summed E-state index contributed by atoms with van der Waals surface area (Å²) in [6.07, 6.45) is 0.344. The molecule has 0 aliphatic carbocycles. The van der Waals surface area contributed by atoms with E-state index in [1.165, 1.54) is 6.07 Å². The van der Waals surface area contributed by atoms with Gasteiger partial charge in [0.25, 0.3) is 0 Å². The highest BCUT2D eigenvalue weighted by Crippen LogP contribution is 2.22. The van der Waals surface area contributed by atoms with Gasteiger partial charge in [-0.3, -0.25) is 4.68 Å². The third-order valence-corrected chi connectivity index (χ3v) is 2.74. The minimum absolute atomic E-state index is 0.322. The van der Waals surface area contributed by atoms with Gasteiger partial charge >= 0.3 is 0 Å². The quantitative estimate of drug-likeness (QED) is 0.875. The van der Waals surface area contributed by atoms with Crippen molar-refractivity contribution in [3.63, 3.8) is 0 Å². The van der Waals surface area contributed by atoms with Crippen molar-refractivity contribution in [1.82, 2.24) is 9.78 Å². The molecular formula is C11H11ClFN3. The molecule has 0 amide bonds. The second kappa shape index (κ2) is 4.14. The fourth-order valence-corrected chi connectivity index (χ4v) is 1.74. The number of anilines is 1. The van der Waals surface area contributed by atoms with Crippen molar-refractivity contribution in [2.75, 3.05) is 5.73 Å². The lowest BCUT2D eigenvalue weighted by Crippen LogP contribution is -1.98. The first kappa shape index (κ1) is 11.0. The highest BCUT2D eigenvalue weighted by molar-refractivity contribution is 6.31. The number of nitrogens with zero attached hydrogens (tertiary/aromatic N) is 2. The van der Waals surface area contributed by atoms with Gasteiger partial charge in [0.05, 0.1) is 5.69 Å². The molecule has 0 atom stereocenters. The van der Waals surface area contributed by atoms with E-state index in [0.29, 0.717) is 28.5 Å². The number of nitrogen functional groups attached to an aromatic ring is 1. The molecule has 0 unspecified atom stereocenters. The zero-order chi connectivity index (χ0) is 11.7. The second-order valence-electron chi connectivity index (χ2n) is 3.56. The first-order valence-corrected chi connectivity index (χ1v) is 5.17. The molecule has 0 spiro atoms. The molecule has 0 saturated carbocycles. The van der Waals surface area contributed by atoms with Crippen LogP contribution in [0.2, 0.25) is 5.02 Å². The summed E-state index contributed by atoms with van der Waals surface area (Å²) in [5.74, 6) is 0.221. The van der Waals surface area contributed by atoms with Crippen molar-refractivity contribution < 1.29 is 4.39 Å². The van der Waals surface area contributed by atoms with Crippen LogP contribution in [0.4, 0.5) is 10.2 Å². The fourth-order valence-electron chi connectivity index (χ4n) is 1.51. The normalized spacial score (nSPS) is 10.7. The van der Waals surface area contributed by atoms with Gasteiger partial charge in [-0.15, -0.1) is 0 Å². The van der Waals surface area contributed by atoms with Gasteiger partial charge in [-0.1, -0.05) is 17.7 Å². The van der Waals surface area contributed by atoms with Crippen LogP contribution < -0.4 is 5.73 Å². The Morgan fingerprint density at radius 2 is 2.25 bits per heavy atom. The van der Waals surface area contributed by atoms with E-state index in [1.54, 1.807) is 29.9 Å². The second-order valence-corrected chi connectivity index (χ2v) is 3.97. The third kappa shape index (κ3) is 2.02. The molecule has 0 aliphatic heterocycles. The van der Waals surface area contributed by atoms with Crippen LogP contribution >= 0.6 is 11.6 Å². The summed E-state index contributed by atoms with van der Waals surface area (Å²) in [7, 11) is 1.74. The van der Waals surface area contributed by atoms with Gasteiger partial charge in [0.2, 0.25) is 0 Å². The highest BCUT2D eigenvalue weighted by Gasteiger charge is 2.10. The van der Waals surface area contributed by atoms with Gasteiger partial charge in [0.15, 0.2) is 0 Å². The minimum Gasteiger partial charge on any atom is -0.384 e. The number of aromatic nitrogens is 2. The smallest absolute Gasteiger partial charge is 0.128 e. The Morgan fingerprint density at radius 1 is 1.50 bits per heavy atom. The molecule has 1 aromatic heterocycles. The summed E-state index contributed by atoms with van der Waals surface area (Å²) in [5.41, 5.74) is 6.79. The highest BCUT2D eigenvalue weighted by atomic mass is 35.5. The minimum atomic E-state index is -0.322. The van der Waals surface area contributed by atoms with Crippen molar-refractivity contribution in [3.8, 4) is 0 Å². The summed E-state index contributed by atoms with van der Waals surface area (Å²) in [6.45, 7) is 0. The zero-order valence-corrected chi connectivity index (χ0v) is 9.50. The topological polar surface area (TPSA) is 43.8 Å². The van der Waals surface area contributed by atoms with Crippen LogP contribution in [0.1, 0.15) is 11.3 Å². The molecule has 0 fully saturated rings. The van der Waals surface area contributed by atoms with E-state index in [0.717, 1.165) is 0 Å². The fraction of sp³-hybridized carbons (Fsp3) is 0.182. The third-order valence-electron chi connectivity index (χ3n) is 2.39. The molecule has 84 valence electrons. The number of hydrogen-bond donors (Lipinski definition) is 1. The Kier molecular flexibility index (Phi) is 2.83. The predicted molar refractivity (Wildman–Crippen MR) is 61.8 cm³/mol. The largest absolute Gasteiger partial charge is 0.384 e. The van der Waals surface area contributed by atoms with Gasteiger partial charge in [-0.05, 0) is 12.1 Å². The van der Waals surface area contributed by atoms with Crippen LogP contribution in [0.25, 0.3) is 0 Å². The molecule has 1 heterocycles. The van der Waals surface area contributed by atoms with E-state index >= 15 is 0 Å². The molecule has 3 nitrogen and oxygen atoms in total. The van der Waals surface area contributed by atoms with Crippen LogP contribution in [0.5, 0.6) is 0 Å². The van der Waals surface area contributed by atoms with Gasteiger partial charge in [-0.25, -0.2) is 4.39 Å². The van der Waals surface area contributed by atoms with E-state index in [1.807, 2.05) is 0 Å². The zero-order valence-electron chi connectivity index (χ0n) is 8.74. The lowest BCUT2D eigenvalue weighted by molar-refractivity contribution is 0.612. The van der Waals surface area contributed by atoms with Gasteiger partial charge in [0.1, 0.15) is 11.6 Å². The monoisotopic (exact) mass is 239 g/mol. The summed E-state index contributed by atoms with van der Waals surface area (Å²) in [6, 6.07) is 6.33. The van der Waals surface area contributed by atoms with Gasteiger partial charge in [0, 0.05) is 30.1 Å². The molecule has 0 aliphatic rings. The van der Waals surface area contributed by atoms with E-state index in [9.17, 15) is 4.39 Å². The molecule has 2 N–H and O–H groups in total. The summed E-state index contributed by atoms with van der Waals surface area (Å²) >= 11 is 5.92. The lowest BCUT2D eigenvalue weighted by Gasteiger charge is -2.02. The van der Waals surface area contributed by atoms with Crippen LogP contribution in [0.3, 0.4) is 0 Å². The van der Waals surface area contributed by atoms with Crippen LogP contribution in [0, 0.1) is 5.82 Å². The van der Waals surface area contributed by atoms with Crippen molar-refractivity contribution >= 4 is 17.4 Å². The summed E-state index contributed by atoms with van der Waals surface area (Å²) < 4.78 is 15.0. The average molecular weight is 240 g/mol. The number of halogens is 2. The Morgan fingerprint density at radius 3 is 2.81 bits per heavy atom. The molecule has 0 bridgehead atoms. The van der Waals surface area contributed by atoms with E-state index in [-0.39, 0.29) is 5.82 Å². The summed E-state index contributed by atoms with van der Waals surface area (Å²) in [4.78, 5) is 0. The molecule has 5 heteroatoms. The standard InChI is InChI=1S/C11H11ClFN3/c1-16-11(14)6-7(15-16)5-8-9(12)3-2-4-10(8)13/h2-4,6H,5,14H2,1H3. The number of aryl methyl sites for hydroxylation is 1. The Labute approximate surface area is 97.6 Å². The molecule has 0 saturated heterocycles. The average Bonchev–Trinajstić information content (AvgIpc) is 2.53. The SMILES string of the molecule is Cn1nc(Cc2c(F)cccc2Cl)cc1N. The number of rotatable bonds is 2. The lowest BCUT2D eigenvalue weighted by atomic mass is 10.1. The van der Waals surface area contributed by atoms with Crippen molar-refractivity contribution in [1.29, 1.82) is 0 Å². The number of benzene rings is 1. The Bertz CT molecular complexity index is 482. The number of hydrogen-bond acceptors (Lipinski definition) is 2. The maximum atomic E-state index is 13.5. The Balaban J connectivity index is 2.33. The van der Waals surface area contributed by atoms with Crippen molar-refractivity contribution in [3.05, 3.63) is 46.4 Å². The van der Waals surface area contributed by atoms with E-state index in [4.69, 9.17) is 17.3 Å². The molecule has 2 aromatic rings. The maximum absolute atomic E-state index is 13.5. The van der Waals surface area contributed by atoms with E-state index in [2.05, 4.69) is 5.10 Å². The van der Waals surface area contributed by atoms with E-state index < -0.39 is 0 Å². The number of nitrogens with two attached hydrogens (primary N) is 1. The predicted octanol–water partition coefficient (Wildman–Crippen LogP) is 2.39. The van der Waals surface area contributed by atoms with Crippen LogP contribution in [-0.4, -0.2) is 9.78 Å². The molecule has 0 radical (unpaired) electrons. The van der Waals surface area contributed by atoms with Gasteiger partial charge < -0.3 is 5.73 Å². The first-order chi connectivity index (χ1) is 7.58. The molecule has 2 rings (SSSR count).